The van der Waals surface area contributed by atoms with E-state index in [0.717, 1.165) is 0 Å². The number of carbonyl (C=O) groups is 1. The van der Waals surface area contributed by atoms with Gasteiger partial charge in [0.1, 0.15) is 18.2 Å². The number of carboxylic acids is 1. The molecule has 0 bridgehead atoms. The molecule has 0 atom stereocenters. The van der Waals surface area contributed by atoms with E-state index in [1.807, 2.05) is 4.57 Å². The molecule has 0 aliphatic rings. The molecule has 3 aromatic carbocycles. The summed E-state index contributed by atoms with van der Waals surface area (Å²) < 4.78 is 63.6. The molecule has 0 fully saturated rings. The van der Waals surface area contributed by atoms with Crippen molar-refractivity contribution in [3.05, 3.63) is 101 Å². The highest BCUT2D eigenvalue weighted by Crippen LogP contribution is 2.33. The maximum Gasteiger partial charge on any atom is 0.387 e. The SMILES string of the molecule is COCCn1c(Cc2ccc(-c3cccc(OCc4cccc(OC(F)F)c4OC)n3)cc2F)nc2ccc(C(=O)O)cc21. The number of hydrogen-bond donors (Lipinski definition) is 1. The molecule has 0 saturated carbocycles. The number of ether oxygens (including phenoxy) is 4. The van der Waals surface area contributed by atoms with E-state index in [9.17, 15) is 18.7 Å². The Morgan fingerprint density at radius 1 is 0.977 bits per heavy atom. The minimum atomic E-state index is -3.01. The number of imidazole rings is 1. The minimum Gasteiger partial charge on any atom is -0.492 e. The lowest BCUT2D eigenvalue weighted by atomic mass is 10.1. The molecule has 0 amide bonds. The first-order valence-electron chi connectivity index (χ1n) is 13.5. The second-order valence-corrected chi connectivity index (χ2v) is 9.64. The van der Waals surface area contributed by atoms with Crippen molar-refractivity contribution < 1.29 is 42.0 Å². The van der Waals surface area contributed by atoms with Crippen LogP contribution in [0, 0.1) is 5.82 Å². The van der Waals surface area contributed by atoms with E-state index in [-0.39, 0.29) is 36.0 Å². The number of nitrogens with zero attached hydrogens (tertiary/aromatic N) is 3. The van der Waals surface area contributed by atoms with Gasteiger partial charge in [-0.1, -0.05) is 30.3 Å². The van der Waals surface area contributed by atoms with Gasteiger partial charge >= 0.3 is 12.6 Å². The monoisotopic (exact) mass is 607 g/mol. The Labute approximate surface area is 250 Å². The Morgan fingerprint density at radius 2 is 1.80 bits per heavy atom. The van der Waals surface area contributed by atoms with Gasteiger partial charge in [0.2, 0.25) is 5.88 Å². The number of hydrogen-bond acceptors (Lipinski definition) is 7. The third kappa shape index (κ3) is 6.76. The van der Waals surface area contributed by atoms with Crippen LogP contribution in [-0.2, 0) is 24.3 Å². The fraction of sp³-hybridized carbons (Fsp3) is 0.219. The number of alkyl halides is 2. The van der Waals surface area contributed by atoms with Gasteiger partial charge in [-0.2, -0.15) is 8.78 Å². The lowest BCUT2D eigenvalue weighted by Gasteiger charge is -2.14. The average molecular weight is 608 g/mol. The number of pyridine rings is 1. The Morgan fingerprint density at radius 3 is 2.52 bits per heavy atom. The highest BCUT2D eigenvalue weighted by atomic mass is 19.3. The zero-order valence-corrected chi connectivity index (χ0v) is 23.8. The fourth-order valence-electron chi connectivity index (χ4n) is 4.80. The molecule has 0 aliphatic carbocycles. The van der Waals surface area contributed by atoms with E-state index in [1.165, 1.54) is 25.3 Å². The largest absolute Gasteiger partial charge is 0.492 e. The van der Waals surface area contributed by atoms with Gasteiger partial charge < -0.3 is 28.6 Å². The summed E-state index contributed by atoms with van der Waals surface area (Å²) in [7, 11) is 2.91. The van der Waals surface area contributed by atoms with Crippen molar-refractivity contribution in [2.45, 2.75) is 26.2 Å². The van der Waals surface area contributed by atoms with Gasteiger partial charge in [-0.05, 0) is 42.0 Å². The van der Waals surface area contributed by atoms with E-state index in [4.69, 9.17) is 14.2 Å². The van der Waals surface area contributed by atoms with Crippen molar-refractivity contribution in [1.29, 1.82) is 0 Å². The predicted octanol–water partition coefficient (Wildman–Crippen LogP) is 6.36. The molecule has 44 heavy (non-hydrogen) atoms. The quantitative estimate of drug-likeness (QED) is 0.165. The number of aromatic nitrogens is 3. The Hall–Kier alpha value is -5.10. The van der Waals surface area contributed by atoms with Crippen molar-refractivity contribution in [2.24, 2.45) is 0 Å². The topological polar surface area (TPSA) is 105 Å². The van der Waals surface area contributed by atoms with Crippen LogP contribution in [0.15, 0.2) is 72.8 Å². The van der Waals surface area contributed by atoms with Crippen LogP contribution in [0.3, 0.4) is 0 Å². The molecule has 1 N–H and O–H groups in total. The van der Waals surface area contributed by atoms with E-state index in [2.05, 4.69) is 14.7 Å². The van der Waals surface area contributed by atoms with E-state index < -0.39 is 18.4 Å². The van der Waals surface area contributed by atoms with Crippen LogP contribution in [0.5, 0.6) is 17.4 Å². The maximum absolute atomic E-state index is 15.4. The van der Waals surface area contributed by atoms with Crippen LogP contribution < -0.4 is 14.2 Å². The maximum atomic E-state index is 15.4. The van der Waals surface area contributed by atoms with Crippen LogP contribution in [0.25, 0.3) is 22.3 Å². The number of para-hydroxylation sites is 1. The van der Waals surface area contributed by atoms with Crippen molar-refractivity contribution in [3.63, 3.8) is 0 Å². The number of methoxy groups -OCH3 is 2. The zero-order chi connectivity index (χ0) is 31.2. The van der Waals surface area contributed by atoms with Crippen molar-refractivity contribution in [2.75, 3.05) is 20.8 Å². The molecule has 228 valence electrons. The number of halogens is 3. The predicted molar refractivity (Wildman–Crippen MR) is 155 cm³/mol. The number of benzene rings is 3. The minimum absolute atomic E-state index is 0.0363. The summed E-state index contributed by atoms with van der Waals surface area (Å²) in [6, 6.07) is 19.1. The van der Waals surface area contributed by atoms with Gasteiger partial charge in [-0.3, -0.25) is 0 Å². The zero-order valence-electron chi connectivity index (χ0n) is 23.8. The summed E-state index contributed by atoms with van der Waals surface area (Å²) in [6.07, 6.45) is 0.166. The molecular weight excluding hydrogens is 579 g/mol. The average Bonchev–Trinajstić information content (AvgIpc) is 3.35. The highest BCUT2D eigenvalue weighted by Gasteiger charge is 2.17. The second kappa shape index (κ2) is 13.5. The Bertz CT molecular complexity index is 1790. The second-order valence-electron chi connectivity index (χ2n) is 9.64. The van der Waals surface area contributed by atoms with Crippen molar-refractivity contribution in [1.82, 2.24) is 14.5 Å². The first-order chi connectivity index (χ1) is 21.3. The summed E-state index contributed by atoms with van der Waals surface area (Å²) in [6.45, 7) is -2.26. The van der Waals surface area contributed by atoms with Gasteiger partial charge in [0, 0.05) is 37.3 Å². The summed E-state index contributed by atoms with van der Waals surface area (Å²) in [4.78, 5) is 20.6. The van der Waals surface area contributed by atoms with Crippen LogP contribution in [0.1, 0.15) is 27.3 Å². The molecule has 9 nitrogen and oxygen atoms in total. The highest BCUT2D eigenvalue weighted by molar-refractivity contribution is 5.92. The Balaban J connectivity index is 1.35. The van der Waals surface area contributed by atoms with Gasteiger partial charge in [0.05, 0.1) is 36.0 Å². The molecule has 12 heteroatoms. The van der Waals surface area contributed by atoms with Crippen LogP contribution in [0.2, 0.25) is 0 Å². The molecule has 0 aliphatic heterocycles. The van der Waals surface area contributed by atoms with E-state index in [0.29, 0.717) is 52.4 Å². The molecular formula is C32H28F3N3O6. The summed E-state index contributed by atoms with van der Waals surface area (Å²) in [5, 5.41) is 9.42. The van der Waals surface area contributed by atoms with Gasteiger partial charge in [-0.15, -0.1) is 0 Å². The summed E-state index contributed by atoms with van der Waals surface area (Å²) >= 11 is 0. The molecule has 5 rings (SSSR count). The fourth-order valence-corrected chi connectivity index (χ4v) is 4.80. The standard InChI is InChI=1S/C32H28F3N3O6/c1-41-14-13-38-26-16-21(31(39)40)11-12-25(26)36-28(38)17-19-9-10-20(15-23(19)33)24-6-4-8-29(37-24)43-18-22-5-3-7-27(30(22)42-2)44-32(34)35/h3-12,15-16,32H,13-14,17-18H2,1-2H3,(H,39,40). The lowest BCUT2D eigenvalue weighted by molar-refractivity contribution is -0.0513. The summed E-state index contributed by atoms with van der Waals surface area (Å²) in [5.74, 6) is -0.696. The van der Waals surface area contributed by atoms with Crippen molar-refractivity contribution in [3.8, 4) is 28.6 Å². The van der Waals surface area contributed by atoms with Crippen LogP contribution in [0.4, 0.5) is 13.2 Å². The molecule has 0 unspecified atom stereocenters. The normalized spacial score (nSPS) is 11.2. The molecule has 2 aromatic heterocycles. The molecule has 0 radical (unpaired) electrons. The Kier molecular flexibility index (Phi) is 9.29. The van der Waals surface area contributed by atoms with Crippen LogP contribution >= 0.6 is 0 Å². The van der Waals surface area contributed by atoms with Gasteiger partial charge in [0.15, 0.2) is 11.5 Å². The van der Waals surface area contributed by atoms with E-state index in [1.54, 1.807) is 61.7 Å². The number of fused-ring (bicyclic) bond motifs is 1. The summed E-state index contributed by atoms with van der Waals surface area (Å²) in [5.41, 5.74) is 3.20. The van der Waals surface area contributed by atoms with Gasteiger partial charge in [0.25, 0.3) is 0 Å². The first-order valence-corrected chi connectivity index (χ1v) is 13.5. The number of carboxylic acid groups (broad SMARTS) is 1. The molecule has 2 heterocycles. The lowest BCUT2D eigenvalue weighted by Crippen LogP contribution is -2.10. The third-order valence-corrected chi connectivity index (χ3v) is 6.87. The van der Waals surface area contributed by atoms with Crippen LogP contribution in [-0.4, -0.2) is 53.0 Å². The molecule has 0 spiro atoms. The van der Waals surface area contributed by atoms with E-state index >= 15 is 4.39 Å². The number of aromatic carboxylic acids is 1. The molecule has 5 aromatic rings. The van der Waals surface area contributed by atoms with Gasteiger partial charge in [-0.25, -0.2) is 19.2 Å². The number of rotatable bonds is 13. The third-order valence-electron chi connectivity index (χ3n) is 6.87. The molecule has 0 saturated heterocycles. The first kappa shape index (κ1) is 30.4. The smallest absolute Gasteiger partial charge is 0.387 e. The van der Waals surface area contributed by atoms with Crippen molar-refractivity contribution >= 4 is 17.0 Å².